The van der Waals surface area contributed by atoms with E-state index in [1.807, 2.05) is 0 Å². The highest BCUT2D eigenvalue weighted by molar-refractivity contribution is 6.31. The molecule has 0 aromatic heterocycles. The van der Waals surface area contributed by atoms with Gasteiger partial charge >= 0.3 is 11.9 Å². The average Bonchev–Trinajstić information content (AvgIpc) is 3.25. The fourth-order valence-corrected chi connectivity index (χ4v) is 4.27. The molecule has 8 nitrogen and oxygen atoms in total. The fraction of sp³-hybridized carbons (Fsp3) is 0.368. The summed E-state index contributed by atoms with van der Waals surface area (Å²) in [7, 11) is 0. The Labute approximate surface area is 165 Å². The van der Waals surface area contributed by atoms with Crippen molar-refractivity contribution in [1.29, 1.82) is 0 Å². The zero-order valence-electron chi connectivity index (χ0n) is 15.0. The van der Waals surface area contributed by atoms with Gasteiger partial charge in [-0.25, -0.2) is 4.90 Å². The first-order chi connectivity index (χ1) is 13.2. The maximum absolute atomic E-state index is 13.2. The lowest BCUT2D eigenvalue weighted by molar-refractivity contribution is -0.226. The number of carbonyl (C=O) groups excluding carboxylic acids is 4. The Morgan fingerprint density at radius 3 is 2.46 bits per heavy atom. The quantitative estimate of drug-likeness (QED) is 0.324. The van der Waals surface area contributed by atoms with Crippen molar-refractivity contribution in [2.24, 2.45) is 11.8 Å². The van der Waals surface area contributed by atoms with Crippen molar-refractivity contribution in [3.8, 4) is 0 Å². The minimum absolute atomic E-state index is 0.336. The van der Waals surface area contributed by atoms with Crippen LogP contribution in [0.25, 0.3) is 0 Å². The number of rotatable bonds is 4. The van der Waals surface area contributed by atoms with Crippen LogP contribution in [0.2, 0.25) is 5.02 Å². The van der Waals surface area contributed by atoms with Crippen molar-refractivity contribution in [3.05, 3.63) is 41.4 Å². The van der Waals surface area contributed by atoms with Gasteiger partial charge in [-0.3, -0.25) is 19.2 Å². The van der Waals surface area contributed by atoms with E-state index in [2.05, 4.69) is 0 Å². The normalized spacial score (nSPS) is 30.1. The zero-order valence-corrected chi connectivity index (χ0v) is 15.7. The molecule has 3 heterocycles. The third kappa shape index (κ3) is 2.63. The monoisotopic (exact) mass is 405 g/mol. The molecule has 2 saturated heterocycles. The lowest BCUT2D eigenvalue weighted by atomic mass is 9.76. The van der Waals surface area contributed by atoms with Crippen molar-refractivity contribution in [2.75, 3.05) is 4.90 Å². The lowest BCUT2D eigenvalue weighted by Crippen LogP contribution is -2.52. The number of ether oxygens (including phenoxy) is 3. The molecule has 1 aromatic rings. The molecule has 0 radical (unpaired) electrons. The first-order valence-corrected chi connectivity index (χ1v) is 8.97. The van der Waals surface area contributed by atoms with Crippen molar-refractivity contribution >= 4 is 41.0 Å². The molecule has 0 aliphatic carbocycles. The molecule has 4 atom stereocenters. The zero-order chi connectivity index (χ0) is 20.2. The van der Waals surface area contributed by atoms with E-state index >= 15 is 0 Å². The summed E-state index contributed by atoms with van der Waals surface area (Å²) in [5, 5.41) is 0.375. The molecular weight excluding hydrogens is 390 g/mol. The minimum Gasteiger partial charge on any atom is -0.422 e. The van der Waals surface area contributed by atoms with Crippen molar-refractivity contribution in [1.82, 2.24) is 0 Å². The summed E-state index contributed by atoms with van der Waals surface area (Å²) in [6, 6.07) is 6.37. The van der Waals surface area contributed by atoms with Crippen LogP contribution in [0.1, 0.15) is 13.8 Å². The summed E-state index contributed by atoms with van der Waals surface area (Å²) in [5.41, 5.74) is -1.23. The highest BCUT2D eigenvalue weighted by Crippen LogP contribution is 2.54. The molecule has 1 aromatic carbocycles. The Morgan fingerprint density at radius 2 is 1.86 bits per heavy atom. The van der Waals surface area contributed by atoms with E-state index in [4.69, 9.17) is 25.8 Å². The fourth-order valence-electron chi connectivity index (χ4n) is 4.09. The van der Waals surface area contributed by atoms with E-state index in [-0.39, 0.29) is 0 Å². The van der Waals surface area contributed by atoms with Crippen molar-refractivity contribution in [2.45, 2.75) is 31.8 Å². The van der Waals surface area contributed by atoms with Gasteiger partial charge in [0.1, 0.15) is 0 Å². The molecule has 9 heteroatoms. The maximum atomic E-state index is 13.2. The summed E-state index contributed by atoms with van der Waals surface area (Å²) in [6.45, 7) is 2.30. The smallest absolute Gasteiger partial charge is 0.305 e. The third-order valence-electron chi connectivity index (χ3n) is 5.06. The van der Waals surface area contributed by atoms with Crippen molar-refractivity contribution in [3.63, 3.8) is 0 Å². The Morgan fingerprint density at radius 1 is 1.18 bits per heavy atom. The average molecular weight is 406 g/mol. The summed E-state index contributed by atoms with van der Waals surface area (Å²) in [5.74, 6) is -4.23. The Bertz CT molecular complexity index is 913. The number of hydrogen-bond acceptors (Lipinski definition) is 7. The van der Waals surface area contributed by atoms with Crippen LogP contribution in [0.4, 0.5) is 5.69 Å². The molecular formula is C19H16ClNO7. The molecule has 2 fully saturated rings. The van der Waals surface area contributed by atoms with Crippen LogP contribution in [0.3, 0.4) is 0 Å². The predicted molar refractivity (Wildman–Crippen MR) is 95.0 cm³/mol. The molecule has 4 rings (SSSR count). The first-order valence-electron chi connectivity index (χ1n) is 8.59. The summed E-state index contributed by atoms with van der Waals surface area (Å²) >= 11 is 6.00. The Kier molecular flexibility index (Phi) is 4.28. The molecule has 0 unspecified atom stereocenters. The predicted octanol–water partition coefficient (Wildman–Crippen LogP) is 1.61. The number of hydrogen-bond donors (Lipinski definition) is 0. The van der Waals surface area contributed by atoms with Crippen molar-refractivity contribution < 1.29 is 33.4 Å². The molecule has 0 N–H and O–H groups in total. The largest absolute Gasteiger partial charge is 0.422 e. The molecule has 2 amide bonds. The van der Waals surface area contributed by atoms with Crippen LogP contribution >= 0.6 is 11.6 Å². The SMILES string of the molecule is CC(=O)OC(OC(C)=O)[C@@]12C=C[C@@H](O1)[C@@H]1C(=O)N(c3cccc(Cl)c3)C(=O)[C@@H]12. The van der Waals surface area contributed by atoms with Crippen LogP contribution in [0.5, 0.6) is 0 Å². The van der Waals surface area contributed by atoms with Gasteiger partial charge in [-0.05, 0) is 24.3 Å². The summed E-state index contributed by atoms with van der Waals surface area (Å²) < 4.78 is 16.2. The van der Waals surface area contributed by atoms with E-state index in [0.717, 1.165) is 18.7 Å². The van der Waals surface area contributed by atoms with Gasteiger partial charge < -0.3 is 14.2 Å². The second-order valence-corrected chi connectivity index (χ2v) is 7.28. The van der Waals surface area contributed by atoms with E-state index in [0.29, 0.717) is 10.7 Å². The number of amides is 2. The van der Waals surface area contributed by atoms with E-state index < -0.39 is 53.6 Å². The number of nitrogens with zero attached hydrogens (tertiary/aromatic N) is 1. The van der Waals surface area contributed by atoms with Crippen LogP contribution in [0.15, 0.2) is 36.4 Å². The van der Waals surface area contributed by atoms with Crippen LogP contribution in [-0.2, 0) is 33.4 Å². The second-order valence-electron chi connectivity index (χ2n) is 6.84. The van der Waals surface area contributed by atoms with Gasteiger partial charge in [-0.1, -0.05) is 23.7 Å². The molecule has 28 heavy (non-hydrogen) atoms. The van der Waals surface area contributed by atoms with Gasteiger partial charge in [0.05, 0.1) is 23.6 Å². The number of esters is 2. The Hall–Kier alpha value is -2.71. The molecule has 3 aliphatic rings. The summed E-state index contributed by atoms with van der Waals surface area (Å²) in [6.07, 6.45) is 0.963. The third-order valence-corrected chi connectivity index (χ3v) is 5.29. The van der Waals surface area contributed by atoms with Gasteiger partial charge in [-0.2, -0.15) is 0 Å². The van der Waals surface area contributed by atoms with Gasteiger partial charge in [0.15, 0.2) is 5.60 Å². The highest BCUT2D eigenvalue weighted by atomic mass is 35.5. The van der Waals surface area contributed by atoms with Gasteiger partial charge in [0.25, 0.3) is 6.29 Å². The second kappa shape index (κ2) is 6.42. The standard InChI is InChI=1S/C19H16ClNO7/c1-9(22)26-18(27-10(2)23)19-7-6-13(28-19)14-15(19)17(25)21(16(14)24)12-5-3-4-11(20)8-12/h3-8,13-15,18H,1-2H3/t13-,14+,15-,19+/m1/s1. The minimum atomic E-state index is -1.56. The molecule has 0 spiro atoms. The molecule has 0 saturated carbocycles. The van der Waals surface area contributed by atoms with Crippen LogP contribution in [-0.4, -0.2) is 41.7 Å². The number of fused-ring (bicyclic) bond motifs is 5. The van der Waals surface area contributed by atoms with Crippen LogP contribution in [0, 0.1) is 11.8 Å². The number of benzene rings is 1. The van der Waals surface area contributed by atoms with E-state index in [1.165, 1.54) is 12.1 Å². The number of imide groups is 1. The molecule has 2 bridgehead atoms. The number of halogens is 1. The maximum Gasteiger partial charge on any atom is 0.305 e. The number of carbonyl (C=O) groups is 4. The van der Waals surface area contributed by atoms with Gasteiger partial charge in [0.2, 0.25) is 11.8 Å². The lowest BCUT2D eigenvalue weighted by Gasteiger charge is -2.34. The van der Waals surface area contributed by atoms with Crippen LogP contribution < -0.4 is 4.90 Å². The van der Waals surface area contributed by atoms with Gasteiger partial charge in [0, 0.05) is 18.9 Å². The topological polar surface area (TPSA) is 99.2 Å². The number of anilines is 1. The Balaban J connectivity index is 1.75. The first kappa shape index (κ1) is 18.6. The van der Waals surface area contributed by atoms with Gasteiger partial charge in [-0.15, -0.1) is 0 Å². The van der Waals surface area contributed by atoms with E-state index in [9.17, 15) is 19.2 Å². The molecule has 146 valence electrons. The van der Waals surface area contributed by atoms with E-state index in [1.54, 1.807) is 24.3 Å². The molecule has 3 aliphatic heterocycles. The summed E-state index contributed by atoms with van der Waals surface area (Å²) in [4.78, 5) is 50.5. The highest BCUT2D eigenvalue weighted by Gasteiger charge is 2.72.